The van der Waals surface area contributed by atoms with Crippen LogP contribution in [0.3, 0.4) is 0 Å². The summed E-state index contributed by atoms with van der Waals surface area (Å²) < 4.78 is 28.2. The van der Waals surface area contributed by atoms with Gasteiger partial charge in [-0.05, 0) is 60.2 Å². The average molecular weight is 372 g/mol. The third-order valence-corrected chi connectivity index (χ3v) is 5.84. The fraction of sp³-hybridized carbons (Fsp3) is 0.350. The van der Waals surface area contributed by atoms with E-state index in [0.717, 1.165) is 23.2 Å². The highest BCUT2D eigenvalue weighted by molar-refractivity contribution is 7.92. The lowest BCUT2D eigenvalue weighted by atomic mass is 10.0. The molecule has 1 aliphatic rings. The highest BCUT2D eigenvalue weighted by atomic mass is 32.2. The smallest absolute Gasteiger partial charge is 0.261 e. The Labute approximate surface area is 155 Å². The molecule has 0 spiro atoms. The van der Waals surface area contributed by atoms with Gasteiger partial charge in [-0.2, -0.15) is 0 Å². The van der Waals surface area contributed by atoms with Crippen LogP contribution in [0.2, 0.25) is 0 Å². The van der Waals surface area contributed by atoms with E-state index in [-0.39, 0.29) is 10.8 Å². The van der Waals surface area contributed by atoms with Crippen LogP contribution in [0.25, 0.3) is 0 Å². The summed E-state index contributed by atoms with van der Waals surface area (Å²) in [6.07, 6.45) is 1.57. The topological polar surface area (TPSA) is 66.5 Å². The zero-order chi connectivity index (χ0) is 18.9. The van der Waals surface area contributed by atoms with Gasteiger partial charge in [-0.25, -0.2) is 8.42 Å². The van der Waals surface area contributed by atoms with Crippen LogP contribution in [-0.4, -0.2) is 20.9 Å². The molecule has 1 amide bonds. The molecule has 0 bridgehead atoms. The van der Waals surface area contributed by atoms with Crippen LogP contribution in [0.4, 0.5) is 11.4 Å². The van der Waals surface area contributed by atoms with Crippen LogP contribution in [0, 0.1) is 5.92 Å². The van der Waals surface area contributed by atoms with Gasteiger partial charge in [0.1, 0.15) is 0 Å². The van der Waals surface area contributed by atoms with Gasteiger partial charge in [0.25, 0.3) is 10.0 Å². The van der Waals surface area contributed by atoms with Crippen molar-refractivity contribution >= 4 is 27.3 Å². The molecule has 3 rings (SSSR count). The van der Waals surface area contributed by atoms with E-state index in [2.05, 4.69) is 18.6 Å². The molecular formula is C20H24N2O3S. The Hall–Kier alpha value is -2.34. The monoisotopic (exact) mass is 372 g/mol. The minimum absolute atomic E-state index is 0.0283. The molecule has 1 heterocycles. The summed E-state index contributed by atoms with van der Waals surface area (Å²) in [6.45, 7) is 6.38. The first-order valence-corrected chi connectivity index (χ1v) is 10.3. The molecule has 0 aliphatic carbocycles. The Kier molecular flexibility index (Phi) is 5.05. The number of anilines is 2. The maximum Gasteiger partial charge on any atom is 0.261 e. The number of carbonyl (C=O) groups is 1. The molecule has 1 aliphatic heterocycles. The van der Waals surface area contributed by atoms with Gasteiger partial charge in [0.05, 0.1) is 4.90 Å². The second-order valence-electron chi connectivity index (χ2n) is 7.12. The molecule has 0 unspecified atom stereocenters. The zero-order valence-corrected chi connectivity index (χ0v) is 16.1. The quantitative estimate of drug-likeness (QED) is 0.872. The van der Waals surface area contributed by atoms with Gasteiger partial charge >= 0.3 is 0 Å². The van der Waals surface area contributed by atoms with Crippen molar-refractivity contribution < 1.29 is 13.2 Å². The second kappa shape index (κ2) is 7.11. The van der Waals surface area contributed by atoms with E-state index in [4.69, 9.17) is 0 Å². The molecule has 6 heteroatoms. The van der Waals surface area contributed by atoms with Crippen molar-refractivity contribution in [3.8, 4) is 0 Å². The van der Waals surface area contributed by atoms with Crippen molar-refractivity contribution in [3.05, 3.63) is 53.6 Å². The summed E-state index contributed by atoms with van der Waals surface area (Å²) in [5.41, 5.74) is 3.35. The van der Waals surface area contributed by atoms with Crippen LogP contribution in [0.1, 0.15) is 31.9 Å². The summed E-state index contributed by atoms with van der Waals surface area (Å²) in [5.74, 6) is 0.474. The molecule has 1 N–H and O–H groups in total. The van der Waals surface area contributed by atoms with Gasteiger partial charge in [0, 0.05) is 24.8 Å². The minimum Gasteiger partial charge on any atom is -0.312 e. The summed E-state index contributed by atoms with van der Waals surface area (Å²) in [7, 11) is -3.67. The predicted molar refractivity (Wildman–Crippen MR) is 104 cm³/mol. The molecule has 0 atom stereocenters. The van der Waals surface area contributed by atoms with Crippen LogP contribution in [0.5, 0.6) is 0 Å². The number of fused-ring (bicyclic) bond motifs is 1. The zero-order valence-electron chi connectivity index (χ0n) is 15.3. The number of carbonyl (C=O) groups excluding carboxylic acids is 1. The maximum atomic E-state index is 12.8. The van der Waals surface area contributed by atoms with E-state index in [9.17, 15) is 13.2 Å². The van der Waals surface area contributed by atoms with E-state index in [1.807, 2.05) is 18.2 Å². The normalized spacial score (nSPS) is 13.8. The third kappa shape index (κ3) is 3.90. The lowest BCUT2D eigenvalue weighted by Gasteiger charge is -2.15. The number of rotatable bonds is 5. The highest BCUT2D eigenvalue weighted by Crippen LogP contribution is 2.31. The molecule has 0 saturated heterocycles. The summed E-state index contributed by atoms with van der Waals surface area (Å²) in [6, 6.07) is 12.4. The maximum absolute atomic E-state index is 12.8. The van der Waals surface area contributed by atoms with Crippen LogP contribution in [-0.2, 0) is 27.7 Å². The second-order valence-corrected chi connectivity index (χ2v) is 8.80. The van der Waals surface area contributed by atoms with Gasteiger partial charge in [0.15, 0.2) is 0 Å². The van der Waals surface area contributed by atoms with Crippen molar-refractivity contribution in [2.45, 2.75) is 38.5 Å². The Balaban J connectivity index is 1.84. The molecule has 2 aromatic carbocycles. The Morgan fingerprint density at radius 1 is 1.19 bits per heavy atom. The largest absolute Gasteiger partial charge is 0.312 e. The van der Waals surface area contributed by atoms with Crippen molar-refractivity contribution in [3.63, 3.8) is 0 Å². The Morgan fingerprint density at radius 3 is 2.65 bits per heavy atom. The molecule has 138 valence electrons. The minimum atomic E-state index is -3.67. The van der Waals surface area contributed by atoms with Gasteiger partial charge < -0.3 is 4.90 Å². The van der Waals surface area contributed by atoms with E-state index < -0.39 is 10.0 Å². The molecule has 26 heavy (non-hydrogen) atoms. The lowest BCUT2D eigenvalue weighted by Crippen LogP contribution is -2.25. The molecule has 0 radical (unpaired) electrons. The summed E-state index contributed by atoms with van der Waals surface area (Å²) >= 11 is 0. The van der Waals surface area contributed by atoms with Crippen molar-refractivity contribution in [1.29, 1.82) is 0 Å². The van der Waals surface area contributed by atoms with Crippen molar-refractivity contribution in [2.75, 3.05) is 16.2 Å². The molecular weight excluding hydrogens is 348 g/mol. The lowest BCUT2D eigenvalue weighted by molar-refractivity contribution is -0.116. The number of benzene rings is 2. The fourth-order valence-electron chi connectivity index (χ4n) is 3.32. The molecule has 2 aromatic rings. The molecule has 5 nitrogen and oxygen atoms in total. The van der Waals surface area contributed by atoms with Crippen LogP contribution >= 0.6 is 0 Å². The van der Waals surface area contributed by atoms with Gasteiger partial charge in [-0.3, -0.25) is 9.52 Å². The van der Waals surface area contributed by atoms with Crippen molar-refractivity contribution in [1.82, 2.24) is 0 Å². The molecule has 0 aromatic heterocycles. The van der Waals surface area contributed by atoms with E-state index >= 15 is 0 Å². The van der Waals surface area contributed by atoms with Crippen LogP contribution < -0.4 is 9.62 Å². The van der Waals surface area contributed by atoms with Crippen molar-refractivity contribution in [2.24, 2.45) is 5.92 Å². The summed E-state index contributed by atoms with van der Waals surface area (Å²) in [4.78, 5) is 13.5. The van der Waals surface area contributed by atoms with Gasteiger partial charge in [-0.15, -0.1) is 0 Å². The first kappa shape index (κ1) is 18.5. The fourth-order valence-corrected chi connectivity index (χ4v) is 4.42. The van der Waals surface area contributed by atoms with Gasteiger partial charge in [0.2, 0.25) is 5.91 Å². The first-order valence-electron chi connectivity index (χ1n) is 8.79. The number of sulfonamides is 1. The number of nitrogens with one attached hydrogen (secondary N) is 1. The standard InChI is InChI=1S/C20H24N2O3S/c1-14(2)11-16-5-4-6-18(12-16)21-26(24,25)19-7-8-20-17(13-19)9-10-22(20)15(3)23/h4-8,12-14,21H,9-11H2,1-3H3. The Bertz CT molecular complexity index is 936. The van der Waals surface area contributed by atoms with Gasteiger partial charge in [-0.1, -0.05) is 26.0 Å². The Morgan fingerprint density at radius 2 is 1.96 bits per heavy atom. The number of hydrogen-bond donors (Lipinski definition) is 1. The highest BCUT2D eigenvalue weighted by Gasteiger charge is 2.24. The van der Waals surface area contributed by atoms with E-state index in [0.29, 0.717) is 24.6 Å². The molecule has 0 saturated carbocycles. The molecule has 0 fully saturated rings. The SMILES string of the molecule is CC(=O)N1CCc2cc(S(=O)(=O)Nc3cccc(CC(C)C)c3)ccc21. The average Bonchev–Trinajstić information content (AvgIpc) is 2.97. The predicted octanol–water partition coefficient (Wildman–Crippen LogP) is 3.59. The number of hydrogen-bond acceptors (Lipinski definition) is 3. The first-order chi connectivity index (χ1) is 12.3. The van der Waals surface area contributed by atoms with E-state index in [1.165, 1.54) is 6.92 Å². The number of nitrogens with zero attached hydrogens (tertiary/aromatic N) is 1. The van der Waals surface area contributed by atoms with E-state index in [1.54, 1.807) is 29.2 Å². The third-order valence-electron chi connectivity index (χ3n) is 4.46. The van der Waals surface area contributed by atoms with Crippen LogP contribution in [0.15, 0.2) is 47.4 Å². The summed E-state index contributed by atoms with van der Waals surface area (Å²) in [5, 5.41) is 0. The number of amides is 1.